The van der Waals surface area contributed by atoms with E-state index in [0.717, 1.165) is 0 Å². The Hall–Kier alpha value is -2.37. The molecule has 0 radical (unpaired) electrons. The van der Waals surface area contributed by atoms with Gasteiger partial charge in [0.05, 0.1) is 35.3 Å². The average molecular weight is 468 g/mol. The molecule has 0 spiro atoms. The van der Waals surface area contributed by atoms with Crippen LogP contribution in [0.3, 0.4) is 0 Å². The molecule has 1 aliphatic rings. The number of nitrogens with one attached hydrogen (secondary N) is 1. The van der Waals surface area contributed by atoms with E-state index in [-0.39, 0.29) is 37.6 Å². The lowest BCUT2D eigenvalue weighted by Crippen LogP contribution is -2.54. The number of carbonyl (C=O) groups excluding carboxylic acids is 1. The van der Waals surface area contributed by atoms with Crippen LogP contribution in [-0.2, 0) is 24.1 Å². The molecule has 2 heterocycles. The summed E-state index contributed by atoms with van der Waals surface area (Å²) >= 11 is 6.00. The van der Waals surface area contributed by atoms with Gasteiger partial charge in [-0.3, -0.25) is 20.0 Å². The smallest absolute Gasteiger partial charge is 0.265 e. The summed E-state index contributed by atoms with van der Waals surface area (Å²) in [5.74, 6) is -0.957. The third kappa shape index (κ3) is 4.78. The summed E-state index contributed by atoms with van der Waals surface area (Å²) in [6.07, 6.45) is 4.63. The first-order chi connectivity index (χ1) is 14.8. The van der Waals surface area contributed by atoms with Crippen LogP contribution in [0.4, 0.5) is 0 Å². The van der Waals surface area contributed by atoms with Crippen molar-refractivity contribution in [3.8, 4) is 11.3 Å². The van der Waals surface area contributed by atoms with Crippen LogP contribution >= 0.6 is 11.6 Å². The minimum atomic E-state index is -4.08. The van der Waals surface area contributed by atoms with Gasteiger partial charge in [-0.25, -0.2) is 13.9 Å². The molecular formula is C20H22ClN3O6S. The van der Waals surface area contributed by atoms with Gasteiger partial charge in [0, 0.05) is 30.9 Å². The Labute approximate surface area is 184 Å². The number of ether oxygens (including phenoxy) is 2. The van der Waals surface area contributed by atoms with Crippen molar-refractivity contribution in [1.29, 1.82) is 0 Å². The van der Waals surface area contributed by atoms with Crippen LogP contribution in [0.15, 0.2) is 46.6 Å². The number of hydrogen-bond acceptors (Lipinski definition) is 8. The van der Waals surface area contributed by atoms with Crippen LogP contribution in [0.5, 0.6) is 0 Å². The van der Waals surface area contributed by atoms with Gasteiger partial charge in [-0.05, 0) is 31.1 Å². The highest BCUT2D eigenvalue weighted by Gasteiger charge is 2.52. The molecule has 2 N–H and O–H groups in total. The summed E-state index contributed by atoms with van der Waals surface area (Å²) in [6.45, 7) is 0.480. The highest BCUT2D eigenvalue weighted by atomic mass is 35.5. The molecule has 1 saturated heterocycles. The lowest BCUT2D eigenvalue weighted by atomic mass is 9.98. The van der Waals surface area contributed by atoms with E-state index in [1.165, 1.54) is 24.7 Å². The van der Waals surface area contributed by atoms with E-state index >= 15 is 0 Å². The summed E-state index contributed by atoms with van der Waals surface area (Å²) in [5, 5.41) is 9.60. The fourth-order valence-corrected chi connectivity index (χ4v) is 5.51. The van der Waals surface area contributed by atoms with E-state index in [1.807, 2.05) is 0 Å². The number of carbonyl (C=O) groups is 1. The van der Waals surface area contributed by atoms with Crippen molar-refractivity contribution in [2.24, 2.45) is 0 Å². The topological polar surface area (TPSA) is 128 Å². The van der Waals surface area contributed by atoms with Crippen molar-refractivity contribution < 1.29 is 27.9 Å². The van der Waals surface area contributed by atoms with Gasteiger partial charge < -0.3 is 9.47 Å². The number of benzene rings is 1. The number of methoxy groups -OCH3 is 1. The molecule has 1 fully saturated rings. The quantitative estimate of drug-likeness (QED) is 0.468. The fourth-order valence-electron chi connectivity index (χ4n) is 3.35. The van der Waals surface area contributed by atoms with Crippen LogP contribution in [0, 0.1) is 0 Å². The van der Waals surface area contributed by atoms with Gasteiger partial charge in [-0.2, -0.15) is 0 Å². The van der Waals surface area contributed by atoms with Gasteiger partial charge >= 0.3 is 0 Å². The molecule has 1 aromatic heterocycles. The molecule has 1 aromatic carbocycles. The number of amides is 1. The molecule has 31 heavy (non-hydrogen) atoms. The monoisotopic (exact) mass is 467 g/mol. The molecule has 166 valence electrons. The minimum Gasteiger partial charge on any atom is -0.381 e. The fraction of sp³-hybridized carbons (Fsp3) is 0.350. The minimum absolute atomic E-state index is 0.0272. The van der Waals surface area contributed by atoms with Crippen molar-refractivity contribution in [2.75, 3.05) is 26.9 Å². The van der Waals surface area contributed by atoms with Crippen molar-refractivity contribution >= 4 is 33.4 Å². The van der Waals surface area contributed by atoms with E-state index in [4.69, 9.17) is 26.3 Å². The van der Waals surface area contributed by atoms with Crippen LogP contribution in [0.1, 0.15) is 18.5 Å². The third-order valence-electron chi connectivity index (χ3n) is 5.05. The molecule has 9 nitrogen and oxygen atoms in total. The second-order valence-corrected chi connectivity index (χ2v) is 9.67. The SMILES string of the molecule is COCC(Cl)=Cc1cnc(-c2ccc(S(=O)(=O)C3(C(=O)NO)CCOCC3)cc2)cn1. The zero-order valence-electron chi connectivity index (χ0n) is 16.7. The Morgan fingerprint density at radius 3 is 2.48 bits per heavy atom. The Kier molecular flexibility index (Phi) is 7.39. The standard InChI is InChI=1S/C20H22ClN3O6S/c1-29-13-15(21)10-16-11-23-18(12-22-16)14-2-4-17(5-3-14)31(27,28)20(19(25)24-26)6-8-30-9-7-20/h2-5,10-12,26H,6-9,13H2,1H3,(H,24,25). The maximum Gasteiger partial charge on any atom is 0.265 e. The van der Waals surface area contributed by atoms with Gasteiger partial charge in [0.1, 0.15) is 0 Å². The van der Waals surface area contributed by atoms with E-state index in [1.54, 1.807) is 30.6 Å². The number of halogens is 1. The van der Waals surface area contributed by atoms with Crippen LogP contribution in [0.25, 0.3) is 17.3 Å². The van der Waals surface area contributed by atoms with E-state index in [0.29, 0.717) is 22.0 Å². The van der Waals surface area contributed by atoms with Gasteiger partial charge in [0.25, 0.3) is 5.91 Å². The summed E-state index contributed by atoms with van der Waals surface area (Å²) in [7, 11) is -2.55. The van der Waals surface area contributed by atoms with E-state index in [2.05, 4.69) is 9.97 Å². The number of aromatic nitrogens is 2. The third-order valence-corrected chi connectivity index (χ3v) is 7.78. The zero-order valence-corrected chi connectivity index (χ0v) is 18.3. The summed E-state index contributed by atoms with van der Waals surface area (Å²) in [4.78, 5) is 20.9. The molecule has 0 bridgehead atoms. The predicted octanol–water partition coefficient (Wildman–Crippen LogP) is 2.20. The molecular weight excluding hydrogens is 446 g/mol. The Morgan fingerprint density at radius 2 is 1.94 bits per heavy atom. The molecule has 0 saturated carbocycles. The Bertz CT molecular complexity index is 1050. The van der Waals surface area contributed by atoms with E-state index in [9.17, 15) is 13.2 Å². The molecule has 2 aromatic rings. The number of sulfone groups is 1. The maximum absolute atomic E-state index is 13.3. The van der Waals surface area contributed by atoms with Crippen LogP contribution in [-0.4, -0.2) is 61.2 Å². The number of nitrogens with zero attached hydrogens (tertiary/aromatic N) is 2. The second-order valence-electron chi connectivity index (χ2n) is 6.93. The maximum atomic E-state index is 13.3. The Balaban J connectivity index is 1.87. The first-order valence-electron chi connectivity index (χ1n) is 9.38. The average Bonchev–Trinajstić information content (AvgIpc) is 2.79. The largest absolute Gasteiger partial charge is 0.381 e. The summed E-state index contributed by atoms with van der Waals surface area (Å²) in [5.41, 5.74) is 3.25. The molecule has 11 heteroatoms. The lowest BCUT2D eigenvalue weighted by molar-refractivity contribution is -0.134. The second kappa shape index (κ2) is 9.84. The zero-order chi connectivity index (χ0) is 22.5. The van der Waals surface area contributed by atoms with E-state index < -0.39 is 20.5 Å². The van der Waals surface area contributed by atoms with Gasteiger partial charge in [0.2, 0.25) is 0 Å². The molecule has 1 amide bonds. The van der Waals surface area contributed by atoms with Crippen LogP contribution < -0.4 is 5.48 Å². The van der Waals surface area contributed by atoms with Gasteiger partial charge in [-0.15, -0.1) is 0 Å². The highest BCUT2D eigenvalue weighted by molar-refractivity contribution is 7.93. The predicted molar refractivity (Wildman–Crippen MR) is 113 cm³/mol. The normalized spacial score (nSPS) is 16.7. The summed E-state index contributed by atoms with van der Waals surface area (Å²) < 4.78 is 34.9. The van der Waals surface area contributed by atoms with Crippen molar-refractivity contribution in [3.63, 3.8) is 0 Å². The number of rotatable bonds is 7. The van der Waals surface area contributed by atoms with Crippen molar-refractivity contribution in [1.82, 2.24) is 15.4 Å². The molecule has 0 aliphatic carbocycles. The summed E-state index contributed by atoms with van der Waals surface area (Å²) in [6, 6.07) is 6.01. The lowest BCUT2D eigenvalue weighted by Gasteiger charge is -2.34. The first-order valence-corrected chi connectivity index (χ1v) is 11.2. The number of hydroxylamine groups is 1. The Morgan fingerprint density at radius 1 is 1.26 bits per heavy atom. The molecule has 0 atom stereocenters. The molecule has 0 unspecified atom stereocenters. The first kappa shape index (κ1) is 23.3. The van der Waals surface area contributed by atoms with Gasteiger partial charge in [0.15, 0.2) is 14.6 Å². The molecule has 1 aliphatic heterocycles. The van der Waals surface area contributed by atoms with Crippen LogP contribution in [0.2, 0.25) is 0 Å². The number of hydrogen-bond donors (Lipinski definition) is 2. The molecule has 3 rings (SSSR count). The van der Waals surface area contributed by atoms with Crippen molar-refractivity contribution in [2.45, 2.75) is 22.5 Å². The highest BCUT2D eigenvalue weighted by Crippen LogP contribution is 2.35. The van der Waals surface area contributed by atoms with Crippen molar-refractivity contribution in [3.05, 3.63) is 47.4 Å². The van der Waals surface area contributed by atoms with Gasteiger partial charge in [-0.1, -0.05) is 23.7 Å².